The first-order valence-corrected chi connectivity index (χ1v) is 9.23. The van der Waals surface area contributed by atoms with E-state index in [1.165, 1.54) is 7.11 Å². The van der Waals surface area contributed by atoms with E-state index in [-0.39, 0.29) is 18.3 Å². The zero-order chi connectivity index (χ0) is 19.4. The van der Waals surface area contributed by atoms with Crippen molar-refractivity contribution < 1.29 is 19.1 Å². The van der Waals surface area contributed by atoms with Crippen molar-refractivity contribution in [2.75, 3.05) is 26.8 Å². The van der Waals surface area contributed by atoms with Crippen molar-refractivity contribution in [1.82, 2.24) is 4.90 Å². The summed E-state index contributed by atoms with van der Waals surface area (Å²) in [5.41, 5.74) is 0.930. The summed E-state index contributed by atoms with van der Waals surface area (Å²) in [5, 5.41) is 0. The van der Waals surface area contributed by atoms with Gasteiger partial charge in [0.05, 0.1) is 20.1 Å². The van der Waals surface area contributed by atoms with Crippen LogP contribution in [0, 0.1) is 5.92 Å². The average Bonchev–Trinajstić information content (AvgIpc) is 2.64. The number of methoxy groups -OCH3 is 1. The Morgan fingerprint density at radius 3 is 2.42 bits per heavy atom. The normalized spacial score (nSPS) is 11.0. The van der Waals surface area contributed by atoms with Gasteiger partial charge in [-0.2, -0.15) is 0 Å². The predicted molar refractivity (Wildman–Crippen MR) is 104 cm³/mol. The summed E-state index contributed by atoms with van der Waals surface area (Å²) in [6.07, 6.45) is 5.40. The molecule has 0 atom stereocenters. The molecule has 0 fully saturated rings. The molecule has 0 radical (unpaired) electrons. The number of carbonyl (C=O) groups is 2. The molecule has 1 rings (SSSR count). The molecular formula is C21H31NO4. The van der Waals surface area contributed by atoms with Gasteiger partial charge in [0.2, 0.25) is 5.91 Å². The van der Waals surface area contributed by atoms with Gasteiger partial charge in [-0.15, -0.1) is 0 Å². The van der Waals surface area contributed by atoms with Gasteiger partial charge in [0, 0.05) is 19.2 Å². The van der Waals surface area contributed by atoms with Crippen LogP contribution in [0.15, 0.2) is 30.3 Å². The summed E-state index contributed by atoms with van der Waals surface area (Å²) in [6, 6.07) is 7.63. The Kier molecular flexibility index (Phi) is 10.1. The molecule has 5 heteroatoms. The van der Waals surface area contributed by atoms with E-state index in [1.807, 2.05) is 24.3 Å². The fourth-order valence-corrected chi connectivity index (χ4v) is 2.24. The maximum absolute atomic E-state index is 12.5. The molecule has 0 aromatic heterocycles. The van der Waals surface area contributed by atoms with Crippen LogP contribution in [0.4, 0.5) is 0 Å². The van der Waals surface area contributed by atoms with E-state index >= 15 is 0 Å². The molecule has 0 spiro atoms. The van der Waals surface area contributed by atoms with Gasteiger partial charge >= 0.3 is 5.97 Å². The topological polar surface area (TPSA) is 55.8 Å². The predicted octanol–water partition coefficient (Wildman–Crippen LogP) is 3.93. The third-order valence-corrected chi connectivity index (χ3v) is 3.87. The standard InChI is InChI=1S/C21H31NO4/c1-5-16-26-19-9-6-18(7-10-19)8-11-20(23)22(14-12-17(2)3)15-13-21(24)25-4/h6-11,17H,5,12-16H2,1-4H3/b11-8+. The average molecular weight is 361 g/mol. The molecule has 0 heterocycles. The number of esters is 1. The molecule has 1 amide bonds. The minimum absolute atomic E-state index is 0.0964. The Morgan fingerprint density at radius 1 is 1.15 bits per heavy atom. The van der Waals surface area contributed by atoms with E-state index in [9.17, 15) is 9.59 Å². The van der Waals surface area contributed by atoms with Crippen molar-refractivity contribution in [2.24, 2.45) is 5.92 Å². The molecule has 144 valence electrons. The lowest BCUT2D eigenvalue weighted by Crippen LogP contribution is -2.33. The number of benzene rings is 1. The van der Waals surface area contributed by atoms with E-state index in [4.69, 9.17) is 4.74 Å². The van der Waals surface area contributed by atoms with E-state index in [1.54, 1.807) is 17.1 Å². The Hall–Kier alpha value is -2.30. The zero-order valence-corrected chi connectivity index (χ0v) is 16.4. The van der Waals surface area contributed by atoms with Gasteiger partial charge in [-0.1, -0.05) is 32.9 Å². The number of nitrogens with zero attached hydrogens (tertiary/aromatic N) is 1. The molecule has 0 unspecified atom stereocenters. The van der Waals surface area contributed by atoms with Gasteiger partial charge in [0.15, 0.2) is 0 Å². The van der Waals surface area contributed by atoms with E-state index in [2.05, 4.69) is 25.5 Å². The first kappa shape index (κ1) is 21.7. The van der Waals surface area contributed by atoms with Gasteiger partial charge in [-0.25, -0.2) is 0 Å². The second-order valence-corrected chi connectivity index (χ2v) is 6.58. The fraction of sp³-hybridized carbons (Fsp3) is 0.524. The number of carbonyl (C=O) groups excluding carboxylic acids is 2. The van der Waals surface area contributed by atoms with Crippen molar-refractivity contribution in [1.29, 1.82) is 0 Å². The maximum Gasteiger partial charge on any atom is 0.307 e. The molecule has 1 aromatic carbocycles. The molecule has 0 aliphatic carbocycles. The van der Waals surface area contributed by atoms with E-state index in [0.717, 1.165) is 24.2 Å². The lowest BCUT2D eigenvalue weighted by atomic mass is 10.1. The highest BCUT2D eigenvalue weighted by Crippen LogP contribution is 2.14. The van der Waals surface area contributed by atoms with Crippen LogP contribution in [-0.2, 0) is 14.3 Å². The van der Waals surface area contributed by atoms with Crippen molar-refractivity contribution in [3.63, 3.8) is 0 Å². The van der Waals surface area contributed by atoms with Gasteiger partial charge in [-0.05, 0) is 42.5 Å². The summed E-state index contributed by atoms with van der Waals surface area (Å²) in [6.45, 7) is 7.97. The lowest BCUT2D eigenvalue weighted by Gasteiger charge is -2.21. The van der Waals surface area contributed by atoms with Crippen molar-refractivity contribution in [2.45, 2.75) is 40.0 Å². The van der Waals surface area contributed by atoms with Crippen LogP contribution < -0.4 is 4.74 Å². The third-order valence-electron chi connectivity index (χ3n) is 3.87. The molecule has 26 heavy (non-hydrogen) atoms. The van der Waals surface area contributed by atoms with Crippen LogP contribution >= 0.6 is 0 Å². The van der Waals surface area contributed by atoms with Crippen LogP contribution in [0.2, 0.25) is 0 Å². The lowest BCUT2D eigenvalue weighted by molar-refractivity contribution is -0.141. The van der Waals surface area contributed by atoms with E-state index < -0.39 is 0 Å². The SMILES string of the molecule is CCCOc1ccc(/C=C/C(=O)N(CCC(=O)OC)CCC(C)C)cc1. The fourth-order valence-electron chi connectivity index (χ4n) is 2.24. The molecule has 0 bridgehead atoms. The molecular weight excluding hydrogens is 330 g/mol. The molecule has 0 saturated carbocycles. The van der Waals surface area contributed by atoms with E-state index in [0.29, 0.717) is 25.6 Å². The van der Waals surface area contributed by atoms with Crippen LogP contribution in [0.5, 0.6) is 5.75 Å². The van der Waals surface area contributed by atoms with Crippen molar-refractivity contribution in [3.05, 3.63) is 35.9 Å². The Bertz CT molecular complexity index is 578. The van der Waals surface area contributed by atoms with Crippen LogP contribution in [0.1, 0.15) is 45.6 Å². The third kappa shape index (κ3) is 8.70. The Morgan fingerprint density at radius 2 is 1.85 bits per heavy atom. The summed E-state index contributed by atoms with van der Waals surface area (Å²) in [7, 11) is 1.36. The summed E-state index contributed by atoms with van der Waals surface area (Å²) in [5.74, 6) is 0.912. The molecule has 0 N–H and O–H groups in total. The number of hydrogen-bond donors (Lipinski definition) is 0. The largest absolute Gasteiger partial charge is 0.494 e. The molecule has 1 aromatic rings. The number of ether oxygens (including phenoxy) is 2. The van der Waals surface area contributed by atoms with Gasteiger partial charge in [0.25, 0.3) is 0 Å². The van der Waals surface area contributed by atoms with Gasteiger partial charge in [-0.3, -0.25) is 9.59 Å². The monoisotopic (exact) mass is 361 g/mol. The molecule has 5 nitrogen and oxygen atoms in total. The molecule has 0 aliphatic heterocycles. The second-order valence-electron chi connectivity index (χ2n) is 6.58. The summed E-state index contributed by atoms with van der Waals surface area (Å²) < 4.78 is 10.2. The van der Waals surface area contributed by atoms with Crippen LogP contribution in [0.25, 0.3) is 6.08 Å². The van der Waals surface area contributed by atoms with Gasteiger partial charge < -0.3 is 14.4 Å². The second kappa shape index (κ2) is 12.1. The Balaban J connectivity index is 2.67. The minimum Gasteiger partial charge on any atom is -0.494 e. The summed E-state index contributed by atoms with van der Waals surface area (Å²) in [4.78, 5) is 25.6. The highest BCUT2D eigenvalue weighted by atomic mass is 16.5. The molecule has 0 aliphatic rings. The first-order chi connectivity index (χ1) is 12.5. The number of hydrogen-bond acceptors (Lipinski definition) is 4. The highest BCUT2D eigenvalue weighted by Gasteiger charge is 2.13. The van der Waals surface area contributed by atoms with Crippen molar-refractivity contribution in [3.8, 4) is 5.75 Å². The maximum atomic E-state index is 12.5. The number of amides is 1. The van der Waals surface area contributed by atoms with Crippen LogP contribution in [0.3, 0.4) is 0 Å². The summed E-state index contributed by atoms with van der Waals surface area (Å²) >= 11 is 0. The van der Waals surface area contributed by atoms with Gasteiger partial charge in [0.1, 0.15) is 5.75 Å². The number of rotatable bonds is 11. The first-order valence-electron chi connectivity index (χ1n) is 9.23. The smallest absolute Gasteiger partial charge is 0.307 e. The molecule has 0 saturated heterocycles. The minimum atomic E-state index is -0.306. The Labute approximate surface area is 157 Å². The zero-order valence-electron chi connectivity index (χ0n) is 16.4. The van der Waals surface area contributed by atoms with Crippen molar-refractivity contribution >= 4 is 18.0 Å². The highest BCUT2D eigenvalue weighted by molar-refractivity contribution is 5.92. The quantitative estimate of drug-likeness (QED) is 0.443. The van der Waals surface area contributed by atoms with Crippen LogP contribution in [-0.4, -0.2) is 43.6 Å².